The van der Waals surface area contributed by atoms with Gasteiger partial charge in [-0.2, -0.15) is 8.42 Å². The summed E-state index contributed by atoms with van der Waals surface area (Å²) < 4.78 is 33.3. The van der Waals surface area contributed by atoms with Crippen LogP contribution in [0, 0.1) is 0 Å². The minimum atomic E-state index is -3.70. The predicted octanol–water partition coefficient (Wildman–Crippen LogP) is 1.14. The molecule has 0 radical (unpaired) electrons. The lowest BCUT2D eigenvalue weighted by atomic mass is 10.3. The SMILES string of the molecule is CC(C)Oc1ccc(S(=O)(=O)OCCN)cc1. The Labute approximate surface area is 102 Å². The molecule has 0 aromatic heterocycles. The van der Waals surface area contributed by atoms with Crippen LogP contribution >= 0.6 is 0 Å². The van der Waals surface area contributed by atoms with Crippen molar-refractivity contribution < 1.29 is 17.3 Å². The Kier molecular flexibility index (Phi) is 4.92. The molecule has 1 aromatic rings. The van der Waals surface area contributed by atoms with Crippen LogP contribution in [-0.4, -0.2) is 27.7 Å². The van der Waals surface area contributed by atoms with E-state index in [2.05, 4.69) is 0 Å². The molecule has 0 fully saturated rings. The van der Waals surface area contributed by atoms with E-state index in [9.17, 15) is 8.42 Å². The van der Waals surface area contributed by atoms with Gasteiger partial charge in [0.25, 0.3) is 10.1 Å². The first-order valence-electron chi connectivity index (χ1n) is 5.32. The van der Waals surface area contributed by atoms with Crippen molar-refractivity contribution in [1.29, 1.82) is 0 Å². The maximum absolute atomic E-state index is 11.6. The summed E-state index contributed by atoms with van der Waals surface area (Å²) in [5.74, 6) is 0.623. The third-order valence-corrected chi connectivity index (χ3v) is 3.17. The Morgan fingerprint density at radius 1 is 1.24 bits per heavy atom. The molecule has 2 N–H and O–H groups in total. The van der Waals surface area contributed by atoms with E-state index < -0.39 is 10.1 Å². The summed E-state index contributed by atoms with van der Waals surface area (Å²) in [7, 11) is -3.70. The van der Waals surface area contributed by atoms with E-state index in [1.54, 1.807) is 12.1 Å². The van der Waals surface area contributed by atoms with Crippen LogP contribution in [0.5, 0.6) is 5.75 Å². The highest BCUT2D eigenvalue weighted by Crippen LogP contribution is 2.18. The van der Waals surface area contributed by atoms with Gasteiger partial charge in [0.15, 0.2) is 0 Å². The zero-order chi connectivity index (χ0) is 12.9. The molecule has 1 rings (SSSR count). The quantitative estimate of drug-likeness (QED) is 0.775. The molecule has 0 spiro atoms. The van der Waals surface area contributed by atoms with Gasteiger partial charge >= 0.3 is 0 Å². The fourth-order valence-corrected chi connectivity index (χ4v) is 2.10. The average Bonchev–Trinajstić information content (AvgIpc) is 2.26. The van der Waals surface area contributed by atoms with Crippen molar-refractivity contribution in [1.82, 2.24) is 0 Å². The van der Waals surface area contributed by atoms with E-state index in [1.807, 2.05) is 13.8 Å². The second-order valence-corrected chi connectivity index (χ2v) is 5.32. The molecule has 0 saturated carbocycles. The van der Waals surface area contributed by atoms with Crippen LogP contribution in [0.1, 0.15) is 13.8 Å². The Bertz CT molecular complexity index is 439. The van der Waals surface area contributed by atoms with Crippen molar-refractivity contribution in [2.45, 2.75) is 24.8 Å². The Hall–Kier alpha value is -1.11. The number of nitrogens with two attached hydrogens (primary N) is 1. The summed E-state index contributed by atoms with van der Waals surface area (Å²) >= 11 is 0. The van der Waals surface area contributed by atoms with Crippen LogP contribution < -0.4 is 10.5 Å². The monoisotopic (exact) mass is 259 g/mol. The van der Waals surface area contributed by atoms with Gasteiger partial charge in [0, 0.05) is 6.54 Å². The molecule has 17 heavy (non-hydrogen) atoms. The molecule has 1 aromatic carbocycles. The van der Waals surface area contributed by atoms with E-state index in [-0.39, 0.29) is 24.2 Å². The van der Waals surface area contributed by atoms with E-state index in [0.717, 1.165) is 0 Å². The molecule has 6 heteroatoms. The number of ether oxygens (including phenoxy) is 1. The highest BCUT2D eigenvalue weighted by Gasteiger charge is 2.14. The van der Waals surface area contributed by atoms with Crippen LogP contribution in [0.4, 0.5) is 0 Å². The van der Waals surface area contributed by atoms with E-state index in [4.69, 9.17) is 14.7 Å². The molecule has 0 aliphatic carbocycles. The first-order valence-corrected chi connectivity index (χ1v) is 6.73. The molecule has 0 aliphatic rings. The summed E-state index contributed by atoms with van der Waals surface area (Å²) in [6.07, 6.45) is 0.0472. The fourth-order valence-electron chi connectivity index (χ4n) is 1.18. The van der Waals surface area contributed by atoms with Gasteiger partial charge in [-0.1, -0.05) is 0 Å². The van der Waals surface area contributed by atoms with Crippen molar-refractivity contribution in [3.05, 3.63) is 24.3 Å². The maximum atomic E-state index is 11.6. The Balaban J connectivity index is 2.80. The summed E-state index contributed by atoms with van der Waals surface area (Å²) in [4.78, 5) is 0.0991. The molecule has 0 amide bonds. The first kappa shape index (κ1) is 14.0. The first-order chi connectivity index (χ1) is 7.95. The van der Waals surface area contributed by atoms with Crippen LogP contribution in [0.2, 0.25) is 0 Å². The smallest absolute Gasteiger partial charge is 0.297 e. The van der Waals surface area contributed by atoms with Gasteiger partial charge in [-0.15, -0.1) is 0 Å². The highest BCUT2D eigenvalue weighted by atomic mass is 32.2. The predicted molar refractivity (Wildman–Crippen MR) is 64.4 cm³/mol. The molecule has 0 heterocycles. The van der Waals surface area contributed by atoms with Crippen LogP contribution in [-0.2, 0) is 14.3 Å². The standard InChI is InChI=1S/C11H17NO4S/c1-9(2)16-10-3-5-11(6-4-10)17(13,14)15-8-7-12/h3-6,9H,7-8,12H2,1-2H3. The second-order valence-electron chi connectivity index (χ2n) is 3.70. The molecule has 0 aliphatic heterocycles. The molecular formula is C11H17NO4S. The van der Waals surface area contributed by atoms with Gasteiger partial charge in [0.05, 0.1) is 17.6 Å². The van der Waals surface area contributed by atoms with Crippen molar-refractivity contribution >= 4 is 10.1 Å². The molecule has 5 nitrogen and oxygen atoms in total. The van der Waals surface area contributed by atoms with Gasteiger partial charge in [-0.25, -0.2) is 0 Å². The van der Waals surface area contributed by atoms with Gasteiger partial charge in [0.1, 0.15) is 5.75 Å². The van der Waals surface area contributed by atoms with Crippen molar-refractivity contribution in [2.75, 3.05) is 13.2 Å². The van der Waals surface area contributed by atoms with Gasteiger partial charge < -0.3 is 10.5 Å². The van der Waals surface area contributed by atoms with Gasteiger partial charge in [-0.3, -0.25) is 4.18 Å². The van der Waals surface area contributed by atoms with Crippen molar-refractivity contribution in [3.8, 4) is 5.75 Å². The molecule has 96 valence electrons. The second kappa shape index (κ2) is 6.00. The summed E-state index contributed by atoms with van der Waals surface area (Å²) in [5, 5.41) is 0. The molecule has 0 bridgehead atoms. The lowest BCUT2D eigenvalue weighted by Gasteiger charge is -2.10. The third kappa shape index (κ3) is 4.33. The van der Waals surface area contributed by atoms with Gasteiger partial charge in [-0.05, 0) is 38.1 Å². The van der Waals surface area contributed by atoms with Crippen LogP contribution in [0.3, 0.4) is 0 Å². The van der Waals surface area contributed by atoms with Crippen molar-refractivity contribution in [3.63, 3.8) is 0 Å². The lowest BCUT2D eigenvalue weighted by Crippen LogP contribution is -2.14. The number of benzene rings is 1. The molecular weight excluding hydrogens is 242 g/mol. The number of hydrogen-bond acceptors (Lipinski definition) is 5. The van der Waals surface area contributed by atoms with Crippen LogP contribution in [0.25, 0.3) is 0 Å². The minimum absolute atomic E-state index is 0.0213. The topological polar surface area (TPSA) is 78.6 Å². The normalized spacial score (nSPS) is 11.8. The van der Waals surface area contributed by atoms with E-state index in [0.29, 0.717) is 5.75 Å². The highest BCUT2D eigenvalue weighted by molar-refractivity contribution is 7.86. The average molecular weight is 259 g/mol. The lowest BCUT2D eigenvalue weighted by molar-refractivity contribution is 0.242. The Morgan fingerprint density at radius 2 is 1.82 bits per heavy atom. The molecule has 0 atom stereocenters. The number of rotatable bonds is 6. The largest absolute Gasteiger partial charge is 0.491 e. The van der Waals surface area contributed by atoms with E-state index >= 15 is 0 Å². The van der Waals surface area contributed by atoms with E-state index in [1.165, 1.54) is 12.1 Å². The van der Waals surface area contributed by atoms with Crippen molar-refractivity contribution in [2.24, 2.45) is 5.73 Å². The Morgan fingerprint density at radius 3 is 2.29 bits per heavy atom. The summed E-state index contributed by atoms with van der Waals surface area (Å²) in [6.45, 7) is 3.93. The third-order valence-electron chi connectivity index (χ3n) is 1.84. The van der Waals surface area contributed by atoms with Gasteiger partial charge in [0.2, 0.25) is 0 Å². The maximum Gasteiger partial charge on any atom is 0.297 e. The molecule has 0 saturated heterocycles. The summed E-state index contributed by atoms with van der Waals surface area (Å²) in [6, 6.07) is 6.09. The zero-order valence-corrected chi connectivity index (χ0v) is 10.7. The van der Waals surface area contributed by atoms with Crippen LogP contribution in [0.15, 0.2) is 29.2 Å². The fraction of sp³-hybridized carbons (Fsp3) is 0.455. The number of hydrogen-bond donors (Lipinski definition) is 1. The molecule has 0 unspecified atom stereocenters. The zero-order valence-electron chi connectivity index (χ0n) is 9.92. The minimum Gasteiger partial charge on any atom is -0.491 e. The summed E-state index contributed by atoms with van der Waals surface area (Å²) in [5.41, 5.74) is 5.18.